The number of aromatic nitrogens is 1. The van der Waals surface area contributed by atoms with Gasteiger partial charge in [0.15, 0.2) is 0 Å². The predicted molar refractivity (Wildman–Crippen MR) is 159 cm³/mol. The van der Waals surface area contributed by atoms with Crippen LogP contribution in [0.15, 0.2) is 58.0 Å². The summed E-state index contributed by atoms with van der Waals surface area (Å²) >= 11 is 15.6. The van der Waals surface area contributed by atoms with Crippen molar-refractivity contribution in [3.05, 3.63) is 68.1 Å². The van der Waals surface area contributed by atoms with Gasteiger partial charge < -0.3 is 4.90 Å². The number of thiazole rings is 1. The van der Waals surface area contributed by atoms with E-state index in [9.17, 15) is 16.8 Å². The van der Waals surface area contributed by atoms with Crippen molar-refractivity contribution >= 4 is 89.1 Å². The monoisotopic (exact) mass is 633 g/mol. The van der Waals surface area contributed by atoms with Crippen LogP contribution < -0.4 is 9.47 Å². The highest BCUT2D eigenvalue weighted by atomic mass is 35.5. The topological polar surface area (TPSA) is 95.6 Å². The highest BCUT2D eigenvalue weighted by Gasteiger charge is 2.28. The molecule has 38 heavy (non-hydrogen) atoms. The number of benzene rings is 2. The molecule has 0 fully saturated rings. The molecule has 0 aliphatic carbocycles. The number of rotatable bonds is 10. The summed E-state index contributed by atoms with van der Waals surface area (Å²) in [5.41, 5.74) is 2.70. The van der Waals surface area contributed by atoms with Crippen LogP contribution in [0.3, 0.4) is 0 Å². The standard InChI is InChI=1S/C25H26Cl2N2O5S4/c1-3-17(13-25-29(16(2)37(30)31)21-15-19(27)7-9-23(21)36-25)12-24-28(10-4-5-11-38(32,33)34)20-14-18(26)6-8-22(20)35-24/h6-9,12-16,37H,3-5,10-11H2,1-2H3/p+1. The molecule has 13 heteroatoms. The van der Waals surface area contributed by atoms with E-state index in [0.717, 1.165) is 36.4 Å². The second-order valence-electron chi connectivity index (χ2n) is 8.75. The third-order valence-electron chi connectivity index (χ3n) is 6.06. The van der Waals surface area contributed by atoms with Crippen LogP contribution in [-0.2, 0) is 20.8 Å². The third-order valence-corrected chi connectivity index (χ3v) is 10.4. The predicted octanol–water partition coefficient (Wildman–Crippen LogP) is 6.54. The number of hydrogen-bond acceptors (Lipinski definition) is 7. The van der Waals surface area contributed by atoms with Gasteiger partial charge in [0.25, 0.3) is 20.5 Å². The first kappa shape index (κ1) is 29.4. The maximum absolute atomic E-state index is 12.0. The highest BCUT2D eigenvalue weighted by Crippen LogP contribution is 2.47. The first-order chi connectivity index (χ1) is 18.0. The second-order valence-corrected chi connectivity index (χ2v) is 14.6. The summed E-state index contributed by atoms with van der Waals surface area (Å²) in [5.74, 6) is -0.286. The molecule has 3 aromatic rings. The summed E-state index contributed by atoms with van der Waals surface area (Å²) in [7, 11) is -6.73. The molecule has 1 N–H and O–H groups in total. The third kappa shape index (κ3) is 6.93. The van der Waals surface area contributed by atoms with Crippen LogP contribution in [0.1, 0.15) is 43.5 Å². The van der Waals surface area contributed by atoms with Crippen molar-refractivity contribution in [2.75, 3.05) is 17.2 Å². The summed E-state index contributed by atoms with van der Waals surface area (Å²) < 4.78 is 58.1. The lowest BCUT2D eigenvalue weighted by molar-refractivity contribution is -0.669. The van der Waals surface area contributed by atoms with Crippen molar-refractivity contribution in [1.29, 1.82) is 0 Å². The van der Waals surface area contributed by atoms with Gasteiger partial charge in [-0.15, -0.1) is 0 Å². The lowest BCUT2D eigenvalue weighted by Crippen LogP contribution is -2.39. The fraction of sp³-hybridized carbons (Fsp3) is 0.320. The molecule has 4 rings (SSSR count). The Hall–Kier alpha value is -1.60. The van der Waals surface area contributed by atoms with E-state index in [1.54, 1.807) is 35.4 Å². The van der Waals surface area contributed by atoms with E-state index in [1.807, 2.05) is 37.3 Å². The average molecular weight is 635 g/mol. The van der Waals surface area contributed by atoms with Crippen LogP contribution in [0.2, 0.25) is 10.0 Å². The maximum Gasteiger partial charge on any atom is 0.264 e. The van der Waals surface area contributed by atoms with Crippen LogP contribution >= 0.6 is 46.3 Å². The number of allylic oxidation sites excluding steroid dienone is 2. The fourth-order valence-electron chi connectivity index (χ4n) is 4.15. The lowest BCUT2D eigenvalue weighted by atomic mass is 10.2. The van der Waals surface area contributed by atoms with Gasteiger partial charge in [-0.05, 0) is 61.2 Å². The Morgan fingerprint density at radius 1 is 1.16 bits per heavy atom. The van der Waals surface area contributed by atoms with Gasteiger partial charge in [0.2, 0.25) is 16.2 Å². The van der Waals surface area contributed by atoms with Crippen LogP contribution in [0.5, 0.6) is 0 Å². The molecule has 1 aliphatic heterocycles. The molecule has 0 saturated heterocycles. The van der Waals surface area contributed by atoms with Gasteiger partial charge in [-0.3, -0.25) is 4.55 Å². The quantitative estimate of drug-likeness (QED) is 0.113. The van der Waals surface area contributed by atoms with E-state index in [-0.39, 0.29) is 5.75 Å². The van der Waals surface area contributed by atoms with Gasteiger partial charge >= 0.3 is 0 Å². The van der Waals surface area contributed by atoms with E-state index < -0.39 is 26.2 Å². The number of halogens is 2. The largest absolute Gasteiger partial charge is 0.335 e. The van der Waals surface area contributed by atoms with Gasteiger partial charge in [0, 0.05) is 40.6 Å². The first-order valence-electron chi connectivity index (χ1n) is 11.9. The molecule has 0 bridgehead atoms. The van der Waals surface area contributed by atoms with Crippen molar-refractivity contribution in [2.24, 2.45) is 0 Å². The number of thiol groups is 1. The van der Waals surface area contributed by atoms with Crippen molar-refractivity contribution in [2.45, 2.75) is 43.4 Å². The minimum Gasteiger partial charge on any atom is -0.335 e. The average Bonchev–Trinajstić information content (AvgIpc) is 3.36. The number of unbranched alkanes of at least 4 members (excludes halogenated alkanes) is 1. The number of fused-ring (bicyclic) bond motifs is 2. The minimum atomic E-state index is -4.01. The molecule has 0 amide bonds. The van der Waals surface area contributed by atoms with E-state index in [4.69, 9.17) is 27.8 Å². The zero-order valence-corrected chi connectivity index (χ0v) is 25.5. The Kier molecular flexibility index (Phi) is 9.50. The molecule has 204 valence electrons. The van der Waals surface area contributed by atoms with Gasteiger partial charge in [0.1, 0.15) is 4.70 Å². The molecule has 0 radical (unpaired) electrons. The normalized spacial score (nSPS) is 16.1. The van der Waals surface area contributed by atoms with Crippen molar-refractivity contribution in [3.8, 4) is 0 Å². The molecule has 0 spiro atoms. The van der Waals surface area contributed by atoms with Gasteiger partial charge in [0.05, 0.1) is 16.5 Å². The fourth-order valence-corrected chi connectivity index (χ4v) is 7.90. The van der Waals surface area contributed by atoms with Crippen molar-refractivity contribution in [1.82, 2.24) is 0 Å². The molecule has 1 aromatic heterocycles. The Balaban J connectivity index is 1.73. The Bertz CT molecular complexity index is 1610. The van der Waals surface area contributed by atoms with E-state index in [2.05, 4.69) is 11.0 Å². The zero-order chi connectivity index (χ0) is 27.6. The summed E-state index contributed by atoms with van der Waals surface area (Å²) in [5, 5.41) is 2.15. The molecule has 0 saturated carbocycles. The van der Waals surface area contributed by atoms with Crippen molar-refractivity contribution in [3.63, 3.8) is 0 Å². The number of nitrogens with zero attached hydrogens (tertiary/aromatic N) is 2. The Morgan fingerprint density at radius 2 is 1.87 bits per heavy atom. The first-order valence-corrected chi connectivity index (χ1v) is 17.1. The van der Waals surface area contributed by atoms with Crippen LogP contribution in [0, 0.1) is 0 Å². The molecule has 7 nitrogen and oxygen atoms in total. The van der Waals surface area contributed by atoms with Gasteiger partial charge in [-0.25, -0.2) is 8.42 Å². The summed E-state index contributed by atoms with van der Waals surface area (Å²) in [6, 6.07) is 11.2. The maximum atomic E-state index is 12.0. The molecule has 2 heterocycles. The number of hydrogen-bond donors (Lipinski definition) is 2. The molecule has 1 aliphatic rings. The lowest BCUT2D eigenvalue weighted by Gasteiger charge is -2.21. The Morgan fingerprint density at radius 3 is 2.55 bits per heavy atom. The van der Waals surface area contributed by atoms with Gasteiger partial charge in [-0.1, -0.05) is 53.2 Å². The molecule has 1 unspecified atom stereocenters. The summed E-state index contributed by atoms with van der Waals surface area (Å²) in [4.78, 5) is 3.14. The van der Waals surface area contributed by atoms with E-state index >= 15 is 0 Å². The molecule has 2 aromatic carbocycles. The molecule has 1 atom stereocenters. The molecular formula is C25H27Cl2N2O5S4+. The van der Waals surface area contributed by atoms with Crippen LogP contribution in [-0.4, -0.2) is 33.7 Å². The summed E-state index contributed by atoms with van der Waals surface area (Å²) in [6.45, 7) is 4.24. The number of anilines is 1. The number of thioether (sulfide) groups is 1. The van der Waals surface area contributed by atoms with Crippen LogP contribution in [0.25, 0.3) is 16.3 Å². The highest BCUT2D eigenvalue weighted by molar-refractivity contribution is 8.03. The minimum absolute atomic E-state index is 0.286. The smallest absolute Gasteiger partial charge is 0.264 e. The van der Waals surface area contributed by atoms with Crippen LogP contribution in [0.4, 0.5) is 5.69 Å². The second kappa shape index (κ2) is 12.3. The van der Waals surface area contributed by atoms with Crippen molar-refractivity contribution < 1.29 is 26.0 Å². The SMILES string of the molecule is CCC(/C=C1\Sc2ccc(Cl)cc2N1CCCCS(=O)(=O)O)=C\c1sc2ccc(Cl)cc2[n+]1C(C)[SH](=O)=O. The Labute approximate surface area is 242 Å². The molecular weight excluding hydrogens is 607 g/mol. The zero-order valence-electron chi connectivity index (χ0n) is 20.6. The van der Waals surface area contributed by atoms with E-state index in [0.29, 0.717) is 35.9 Å². The van der Waals surface area contributed by atoms with Gasteiger partial charge in [-0.2, -0.15) is 13.0 Å². The summed E-state index contributed by atoms with van der Waals surface area (Å²) in [6.07, 6.45) is 5.67. The van der Waals surface area contributed by atoms with E-state index in [1.165, 1.54) is 11.3 Å².